The van der Waals surface area contributed by atoms with Gasteiger partial charge in [-0.15, -0.1) is 0 Å². The summed E-state index contributed by atoms with van der Waals surface area (Å²) < 4.78 is 98.1. The number of hydrogen-bond acceptors (Lipinski definition) is 4. The third-order valence-electron chi connectivity index (χ3n) is 5.29. The lowest BCUT2D eigenvalue weighted by atomic mass is 9.96. The van der Waals surface area contributed by atoms with E-state index in [-0.39, 0.29) is 22.9 Å². The molecule has 2 atom stereocenters. The van der Waals surface area contributed by atoms with Gasteiger partial charge in [0, 0.05) is 38.0 Å². The summed E-state index contributed by atoms with van der Waals surface area (Å²) in [6, 6.07) is 13.4. The fourth-order valence-electron chi connectivity index (χ4n) is 3.41. The van der Waals surface area contributed by atoms with Crippen molar-refractivity contribution in [1.82, 2.24) is 5.32 Å². The molecule has 11 heteroatoms. The van der Waals surface area contributed by atoms with Crippen molar-refractivity contribution in [3.05, 3.63) is 89.2 Å². The highest BCUT2D eigenvalue weighted by molar-refractivity contribution is 5.50. The summed E-state index contributed by atoms with van der Waals surface area (Å²) >= 11 is 0. The van der Waals surface area contributed by atoms with Gasteiger partial charge in [0.2, 0.25) is 0 Å². The molecule has 0 spiro atoms. The van der Waals surface area contributed by atoms with Crippen LogP contribution in [0.2, 0.25) is 0 Å². The number of benzene rings is 3. The van der Waals surface area contributed by atoms with E-state index in [1.54, 1.807) is 24.3 Å². The van der Waals surface area contributed by atoms with Crippen molar-refractivity contribution >= 4 is 5.69 Å². The van der Waals surface area contributed by atoms with E-state index in [1.807, 2.05) is 25.1 Å². The number of nitrogens with one attached hydrogen (secondary N) is 1. The first-order chi connectivity index (χ1) is 16.8. The highest BCUT2D eigenvalue weighted by Crippen LogP contribution is 2.34. The first-order valence-electron chi connectivity index (χ1n) is 10.7. The number of anilines is 1. The quantitative estimate of drug-likeness (QED) is 0.345. The van der Waals surface area contributed by atoms with Gasteiger partial charge in [0.15, 0.2) is 6.10 Å². The Morgan fingerprint density at radius 1 is 0.889 bits per heavy atom. The Morgan fingerprint density at radius 3 is 2.11 bits per heavy atom. The molecule has 0 aliphatic carbocycles. The third-order valence-corrected chi connectivity index (χ3v) is 5.29. The van der Waals surface area contributed by atoms with Crippen molar-refractivity contribution in [2.24, 2.45) is 0 Å². The first-order valence-corrected chi connectivity index (χ1v) is 10.7. The monoisotopic (exact) mass is 516 g/mol. The Bertz CT molecular complexity index is 1180. The van der Waals surface area contributed by atoms with Gasteiger partial charge in [0.05, 0.1) is 11.6 Å². The summed E-state index contributed by atoms with van der Waals surface area (Å²) in [7, 11) is 3.67. The molecule has 194 valence electrons. The van der Waals surface area contributed by atoms with Gasteiger partial charge in [0.1, 0.15) is 17.3 Å². The van der Waals surface area contributed by atoms with Gasteiger partial charge in [-0.2, -0.15) is 26.3 Å². The zero-order valence-corrected chi connectivity index (χ0v) is 19.2. The van der Waals surface area contributed by atoms with Crippen LogP contribution >= 0.6 is 0 Å². The van der Waals surface area contributed by atoms with E-state index in [1.165, 1.54) is 18.2 Å². The van der Waals surface area contributed by atoms with E-state index < -0.39 is 42.4 Å². The van der Waals surface area contributed by atoms with E-state index in [9.17, 15) is 35.8 Å². The maximum Gasteiger partial charge on any atom is 0.416 e. The zero-order chi connectivity index (χ0) is 26.7. The van der Waals surface area contributed by atoms with Crippen LogP contribution in [0.15, 0.2) is 66.7 Å². The second-order valence-corrected chi connectivity index (χ2v) is 8.20. The molecule has 0 amide bonds. The average Bonchev–Trinajstić information content (AvgIpc) is 2.79. The fraction of sp³-hybridized carbons (Fsp3) is 0.280. The smallest absolute Gasteiger partial charge is 0.416 e. The van der Waals surface area contributed by atoms with Crippen molar-refractivity contribution < 1.29 is 40.6 Å². The van der Waals surface area contributed by atoms with E-state index in [0.29, 0.717) is 11.8 Å². The lowest BCUT2D eigenvalue weighted by molar-refractivity contribution is -0.202. The number of nitrogens with zero attached hydrogens (tertiary/aromatic N) is 1. The summed E-state index contributed by atoms with van der Waals surface area (Å²) in [5.41, 5.74) is -0.514. The maximum absolute atomic E-state index is 14.8. The van der Waals surface area contributed by atoms with Gasteiger partial charge in [-0.25, -0.2) is 4.39 Å². The Kier molecular flexibility index (Phi) is 8.15. The summed E-state index contributed by atoms with van der Waals surface area (Å²) in [5.74, 6) is -0.552. The predicted octanol–water partition coefficient (Wildman–Crippen LogP) is 6.31. The number of aliphatic hydroxyl groups excluding tert-OH is 1. The van der Waals surface area contributed by atoms with Gasteiger partial charge in [0.25, 0.3) is 0 Å². The lowest BCUT2D eigenvalue weighted by Gasteiger charge is -2.24. The molecule has 0 aliphatic rings. The van der Waals surface area contributed by atoms with Crippen LogP contribution in [0.25, 0.3) is 0 Å². The van der Waals surface area contributed by atoms with Crippen LogP contribution in [-0.2, 0) is 6.18 Å². The molecular formula is C25H23F7N2O2. The van der Waals surface area contributed by atoms with Crippen molar-refractivity contribution in [1.29, 1.82) is 0 Å². The summed E-state index contributed by atoms with van der Waals surface area (Å²) in [4.78, 5) is 1.85. The highest BCUT2D eigenvalue weighted by atomic mass is 19.4. The second-order valence-electron chi connectivity index (χ2n) is 8.20. The molecule has 3 aromatic rings. The Hall–Kier alpha value is -3.31. The van der Waals surface area contributed by atoms with E-state index >= 15 is 0 Å². The average molecular weight is 516 g/mol. The number of aliphatic hydroxyl groups is 1. The fourth-order valence-corrected chi connectivity index (χ4v) is 3.41. The van der Waals surface area contributed by atoms with Crippen LogP contribution in [0.3, 0.4) is 0 Å². The molecule has 0 heterocycles. The molecule has 0 saturated carbocycles. The standard InChI is InChI=1S/C25H23F7N2O2/c1-34(2)17-6-4-8-19(13-17)36-18-7-3-5-15(11-18)23(33-14-22(35)25(30,31)32)20-10-9-16(12-21(20)26)24(27,28)29/h3-13,22-23,33,35H,14H2,1-2H3/t22-,23?/m1/s1. The van der Waals surface area contributed by atoms with Crippen molar-refractivity contribution in [2.45, 2.75) is 24.5 Å². The van der Waals surface area contributed by atoms with Crippen molar-refractivity contribution in [3.8, 4) is 11.5 Å². The normalized spacial score (nSPS) is 13.8. The molecule has 0 bridgehead atoms. The molecule has 4 nitrogen and oxygen atoms in total. The summed E-state index contributed by atoms with van der Waals surface area (Å²) in [5, 5.41) is 11.8. The first kappa shape index (κ1) is 27.3. The Morgan fingerprint density at radius 2 is 1.53 bits per heavy atom. The molecular weight excluding hydrogens is 493 g/mol. The number of alkyl halides is 6. The molecule has 0 aliphatic heterocycles. The van der Waals surface area contributed by atoms with Crippen LogP contribution < -0.4 is 15.0 Å². The lowest BCUT2D eigenvalue weighted by Crippen LogP contribution is -2.40. The molecule has 36 heavy (non-hydrogen) atoms. The van der Waals surface area contributed by atoms with Gasteiger partial charge >= 0.3 is 12.4 Å². The minimum atomic E-state index is -4.95. The SMILES string of the molecule is CN(C)c1cccc(Oc2cccc(C(NC[C@@H](O)C(F)(F)F)c3ccc(C(F)(F)F)cc3F)c2)c1. The summed E-state index contributed by atoms with van der Waals surface area (Å²) in [6.45, 7) is -1.02. The molecule has 0 fully saturated rings. The highest BCUT2D eigenvalue weighted by Gasteiger charge is 2.38. The third kappa shape index (κ3) is 6.88. The van der Waals surface area contributed by atoms with Crippen LogP contribution in [0, 0.1) is 5.82 Å². The minimum absolute atomic E-state index is 0.212. The Labute approximate surface area is 202 Å². The van der Waals surface area contributed by atoms with Crippen LogP contribution in [0.4, 0.5) is 36.4 Å². The molecule has 3 aromatic carbocycles. The van der Waals surface area contributed by atoms with E-state index in [2.05, 4.69) is 5.32 Å². The van der Waals surface area contributed by atoms with Crippen molar-refractivity contribution in [3.63, 3.8) is 0 Å². The zero-order valence-electron chi connectivity index (χ0n) is 19.2. The number of ether oxygens (including phenoxy) is 1. The number of rotatable bonds is 8. The van der Waals surface area contributed by atoms with E-state index in [4.69, 9.17) is 4.74 Å². The van der Waals surface area contributed by atoms with Gasteiger partial charge in [-0.05, 0) is 42.0 Å². The van der Waals surface area contributed by atoms with Gasteiger partial charge < -0.3 is 20.1 Å². The molecule has 0 radical (unpaired) electrons. The number of halogens is 7. The molecule has 0 saturated heterocycles. The molecule has 2 N–H and O–H groups in total. The minimum Gasteiger partial charge on any atom is -0.457 e. The number of hydrogen-bond donors (Lipinski definition) is 2. The molecule has 0 aromatic heterocycles. The predicted molar refractivity (Wildman–Crippen MR) is 121 cm³/mol. The van der Waals surface area contributed by atoms with Crippen LogP contribution in [-0.4, -0.2) is 38.0 Å². The van der Waals surface area contributed by atoms with Gasteiger partial charge in [-0.3, -0.25) is 0 Å². The Balaban J connectivity index is 1.97. The maximum atomic E-state index is 14.8. The van der Waals surface area contributed by atoms with Crippen molar-refractivity contribution in [2.75, 3.05) is 25.5 Å². The van der Waals surface area contributed by atoms with Crippen LogP contribution in [0.5, 0.6) is 11.5 Å². The molecule has 3 rings (SSSR count). The summed E-state index contributed by atoms with van der Waals surface area (Å²) in [6.07, 6.45) is -12.5. The van der Waals surface area contributed by atoms with Gasteiger partial charge in [-0.1, -0.05) is 24.3 Å². The largest absolute Gasteiger partial charge is 0.457 e. The second kappa shape index (κ2) is 10.8. The van der Waals surface area contributed by atoms with Crippen LogP contribution in [0.1, 0.15) is 22.7 Å². The topological polar surface area (TPSA) is 44.7 Å². The van der Waals surface area contributed by atoms with E-state index in [0.717, 1.165) is 11.8 Å². The molecule has 1 unspecified atom stereocenters.